The van der Waals surface area contributed by atoms with Crippen LogP contribution in [0.2, 0.25) is 0 Å². The third kappa shape index (κ3) is 4.41. The quantitative estimate of drug-likeness (QED) is 0.764. The summed E-state index contributed by atoms with van der Waals surface area (Å²) in [5.41, 5.74) is 2.28. The minimum Gasteiger partial charge on any atom is -0.493 e. The number of nitrogens with one attached hydrogen (secondary N) is 2. The molecule has 0 unspecified atom stereocenters. The molecule has 1 aromatic carbocycles. The van der Waals surface area contributed by atoms with E-state index in [2.05, 4.69) is 15.5 Å². The van der Waals surface area contributed by atoms with Gasteiger partial charge in [-0.05, 0) is 50.2 Å². The molecule has 0 saturated heterocycles. The molecule has 0 radical (unpaired) electrons. The van der Waals surface area contributed by atoms with Crippen LogP contribution in [0.15, 0.2) is 18.2 Å². The van der Waals surface area contributed by atoms with Crippen LogP contribution in [-0.4, -0.2) is 27.3 Å². The number of aromatic nitrogens is 3. The monoisotopic (exact) mass is 334 g/mol. The van der Waals surface area contributed by atoms with Crippen molar-refractivity contribution in [3.05, 3.63) is 39.9 Å². The van der Waals surface area contributed by atoms with Gasteiger partial charge in [0.15, 0.2) is 10.6 Å². The number of amides is 1. The van der Waals surface area contributed by atoms with Crippen molar-refractivity contribution in [3.63, 3.8) is 0 Å². The Balaban J connectivity index is 1.79. The number of hydrogen-bond donors (Lipinski definition) is 2. The molecular weight excluding hydrogens is 312 g/mol. The van der Waals surface area contributed by atoms with Gasteiger partial charge in [0.2, 0.25) is 5.91 Å². The molecule has 2 aromatic rings. The Morgan fingerprint density at radius 2 is 2.22 bits per heavy atom. The van der Waals surface area contributed by atoms with E-state index >= 15 is 0 Å². The number of carbonyl (C=O) groups excluding carboxylic acids is 1. The van der Waals surface area contributed by atoms with Gasteiger partial charge in [-0.2, -0.15) is 5.10 Å². The molecule has 124 valence electrons. The highest BCUT2D eigenvalue weighted by Crippen LogP contribution is 2.20. The van der Waals surface area contributed by atoms with Gasteiger partial charge in [-0.25, -0.2) is 0 Å². The zero-order valence-corrected chi connectivity index (χ0v) is 14.5. The van der Waals surface area contributed by atoms with Gasteiger partial charge in [0.25, 0.3) is 0 Å². The van der Waals surface area contributed by atoms with Gasteiger partial charge in [-0.3, -0.25) is 9.89 Å². The number of aromatic amines is 1. The lowest BCUT2D eigenvalue weighted by Crippen LogP contribution is -2.26. The molecular formula is C16H22N4O2S. The van der Waals surface area contributed by atoms with E-state index in [1.165, 1.54) is 5.56 Å². The zero-order valence-electron chi connectivity index (χ0n) is 13.7. The van der Waals surface area contributed by atoms with Crippen LogP contribution in [0.25, 0.3) is 0 Å². The Morgan fingerprint density at radius 3 is 2.96 bits per heavy atom. The van der Waals surface area contributed by atoms with Crippen molar-refractivity contribution in [1.82, 2.24) is 20.1 Å². The molecule has 1 aromatic heterocycles. The summed E-state index contributed by atoms with van der Waals surface area (Å²) in [6.07, 6.45) is 0.296. The van der Waals surface area contributed by atoms with Crippen molar-refractivity contribution in [1.29, 1.82) is 0 Å². The molecule has 2 N–H and O–H groups in total. The fourth-order valence-electron chi connectivity index (χ4n) is 2.21. The summed E-state index contributed by atoms with van der Waals surface area (Å²) < 4.78 is 8.10. The van der Waals surface area contributed by atoms with Gasteiger partial charge in [0, 0.05) is 6.54 Å². The van der Waals surface area contributed by atoms with Crippen LogP contribution in [0.4, 0.5) is 0 Å². The second-order valence-electron chi connectivity index (χ2n) is 5.26. The number of rotatable bonds is 7. The molecule has 2 rings (SSSR count). The van der Waals surface area contributed by atoms with E-state index in [1.807, 2.05) is 43.5 Å². The normalized spacial score (nSPS) is 10.6. The van der Waals surface area contributed by atoms with E-state index < -0.39 is 0 Å². The Labute approximate surface area is 140 Å². The molecule has 1 heterocycles. The van der Waals surface area contributed by atoms with Gasteiger partial charge in [-0.1, -0.05) is 12.1 Å². The minimum absolute atomic E-state index is 0.0770. The first-order chi connectivity index (χ1) is 11.0. The molecule has 6 nitrogen and oxygen atoms in total. The standard InChI is InChI=1S/C16H22N4O2S/c1-4-20-14(18-19-16(20)23)10-17-15(21)8-9-22-13-7-5-6-11(2)12(13)3/h5-7H,4,8-10H2,1-3H3,(H,17,21)(H,19,23). The van der Waals surface area contributed by atoms with Gasteiger partial charge in [-0.15, -0.1) is 0 Å². The van der Waals surface area contributed by atoms with E-state index in [0.717, 1.165) is 23.7 Å². The first-order valence-electron chi connectivity index (χ1n) is 7.62. The van der Waals surface area contributed by atoms with Crippen molar-refractivity contribution in [3.8, 4) is 5.75 Å². The third-order valence-corrected chi connectivity index (χ3v) is 4.05. The summed E-state index contributed by atoms with van der Waals surface area (Å²) in [7, 11) is 0. The summed E-state index contributed by atoms with van der Waals surface area (Å²) in [4.78, 5) is 11.9. The SMILES string of the molecule is CCn1c(CNC(=O)CCOc2cccc(C)c2C)n[nH]c1=S. The lowest BCUT2D eigenvalue weighted by molar-refractivity contribution is -0.121. The average molecular weight is 334 g/mol. The topological polar surface area (TPSA) is 71.9 Å². The number of aryl methyl sites for hydroxylation is 1. The Kier molecular flexibility index (Phi) is 5.92. The van der Waals surface area contributed by atoms with E-state index in [9.17, 15) is 4.79 Å². The molecule has 0 saturated carbocycles. The summed E-state index contributed by atoms with van der Waals surface area (Å²) >= 11 is 5.11. The summed E-state index contributed by atoms with van der Waals surface area (Å²) in [6, 6.07) is 5.90. The number of ether oxygens (including phenoxy) is 1. The Hall–Kier alpha value is -2.15. The van der Waals surface area contributed by atoms with Crippen molar-refractivity contribution in [2.75, 3.05) is 6.61 Å². The third-order valence-electron chi connectivity index (χ3n) is 3.74. The highest BCUT2D eigenvalue weighted by Gasteiger charge is 2.08. The van der Waals surface area contributed by atoms with E-state index in [-0.39, 0.29) is 5.91 Å². The molecule has 1 amide bonds. The van der Waals surface area contributed by atoms with Gasteiger partial charge in [0.05, 0.1) is 19.6 Å². The number of carbonyl (C=O) groups is 1. The zero-order chi connectivity index (χ0) is 16.8. The summed E-state index contributed by atoms with van der Waals surface area (Å²) in [5, 5.41) is 9.67. The molecule has 0 fully saturated rings. The van der Waals surface area contributed by atoms with Gasteiger partial charge in [0.1, 0.15) is 5.75 Å². The van der Waals surface area contributed by atoms with Crippen molar-refractivity contribution < 1.29 is 9.53 Å². The first kappa shape index (κ1) is 17.2. The number of hydrogen-bond acceptors (Lipinski definition) is 4. The second kappa shape index (κ2) is 7.92. The van der Waals surface area contributed by atoms with Crippen molar-refractivity contribution in [2.24, 2.45) is 0 Å². The molecule has 0 aliphatic heterocycles. The van der Waals surface area contributed by atoms with Gasteiger partial charge < -0.3 is 14.6 Å². The second-order valence-corrected chi connectivity index (χ2v) is 5.65. The Bertz CT molecular complexity index is 736. The van der Waals surface area contributed by atoms with E-state index in [4.69, 9.17) is 17.0 Å². The number of nitrogens with zero attached hydrogens (tertiary/aromatic N) is 2. The highest BCUT2D eigenvalue weighted by molar-refractivity contribution is 7.71. The van der Waals surface area contributed by atoms with Crippen LogP contribution in [0.1, 0.15) is 30.3 Å². The smallest absolute Gasteiger partial charge is 0.223 e. The molecule has 0 aliphatic carbocycles. The Morgan fingerprint density at radius 1 is 1.43 bits per heavy atom. The fraction of sp³-hybridized carbons (Fsp3) is 0.438. The van der Waals surface area contributed by atoms with E-state index in [0.29, 0.717) is 24.3 Å². The highest BCUT2D eigenvalue weighted by atomic mass is 32.1. The molecule has 0 aliphatic rings. The maximum atomic E-state index is 11.9. The van der Waals surface area contributed by atoms with Crippen LogP contribution in [0.3, 0.4) is 0 Å². The van der Waals surface area contributed by atoms with Crippen molar-refractivity contribution >= 4 is 18.1 Å². The number of benzene rings is 1. The van der Waals surface area contributed by atoms with Crippen LogP contribution in [-0.2, 0) is 17.9 Å². The summed E-state index contributed by atoms with van der Waals surface area (Å²) in [5.74, 6) is 1.47. The van der Waals surface area contributed by atoms with Crippen LogP contribution >= 0.6 is 12.2 Å². The average Bonchev–Trinajstić information content (AvgIpc) is 2.89. The first-order valence-corrected chi connectivity index (χ1v) is 8.03. The lowest BCUT2D eigenvalue weighted by Gasteiger charge is -2.11. The molecule has 7 heteroatoms. The molecule has 23 heavy (non-hydrogen) atoms. The molecule has 0 atom stereocenters. The fourth-order valence-corrected chi connectivity index (χ4v) is 2.49. The van der Waals surface area contributed by atoms with Crippen molar-refractivity contribution in [2.45, 2.75) is 40.3 Å². The predicted octanol–water partition coefficient (Wildman–Crippen LogP) is 2.66. The molecule has 0 spiro atoms. The predicted molar refractivity (Wildman–Crippen MR) is 91.0 cm³/mol. The summed E-state index contributed by atoms with van der Waals surface area (Å²) in [6.45, 7) is 7.44. The van der Waals surface area contributed by atoms with Gasteiger partial charge >= 0.3 is 0 Å². The largest absolute Gasteiger partial charge is 0.493 e. The van der Waals surface area contributed by atoms with Crippen LogP contribution in [0.5, 0.6) is 5.75 Å². The maximum Gasteiger partial charge on any atom is 0.223 e. The number of H-pyrrole nitrogens is 1. The van der Waals surface area contributed by atoms with Crippen LogP contribution < -0.4 is 10.1 Å². The molecule has 0 bridgehead atoms. The minimum atomic E-state index is -0.0770. The van der Waals surface area contributed by atoms with E-state index in [1.54, 1.807) is 0 Å². The lowest BCUT2D eigenvalue weighted by atomic mass is 10.1. The maximum absolute atomic E-state index is 11.9. The van der Waals surface area contributed by atoms with Crippen LogP contribution in [0, 0.1) is 18.6 Å².